The molecule has 2 aromatic rings. The molecule has 3 N–H and O–H groups in total. The predicted molar refractivity (Wildman–Crippen MR) is 107 cm³/mol. The van der Waals surface area contributed by atoms with Gasteiger partial charge >= 0.3 is 0 Å². The molecule has 0 saturated heterocycles. The Morgan fingerprint density at radius 1 is 0.893 bits per heavy atom. The second-order valence-electron chi connectivity index (χ2n) is 6.14. The second-order valence-corrected chi connectivity index (χ2v) is 6.14. The van der Waals surface area contributed by atoms with Gasteiger partial charge in [-0.2, -0.15) is 0 Å². The van der Waals surface area contributed by atoms with Gasteiger partial charge < -0.3 is 20.7 Å². The molecule has 28 heavy (non-hydrogen) atoms. The van der Waals surface area contributed by atoms with Crippen molar-refractivity contribution in [3.05, 3.63) is 59.7 Å². The normalized spacial score (nSPS) is 10.1. The fourth-order valence-corrected chi connectivity index (χ4v) is 2.37. The Hall–Kier alpha value is -3.35. The Morgan fingerprint density at radius 2 is 1.57 bits per heavy atom. The van der Waals surface area contributed by atoms with E-state index in [0.717, 1.165) is 5.56 Å². The molecule has 0 heterocycles. The van der Waals surface area contributed by atoms with Gasteiger partial charge in [0.1, 0.15) is 5.75 Å². The highest BCUT2D eigenvalue weighted by Gasteiger charge is 2.08. The van der Waals surface area contributed by atoms with Gasteiger partial charge in [0.15, 0.2) is 6.61 Å². The molecule has 0 atom stereocenters. The molecule has 0 bridgehead atoms. The van der Waals surface area contributed by atoms with Gasteiger partial charge in [-0.15, -0.1) is 0 Å². The summed E-state index contributed by atoms with van der Waals surface area (Å²) >= 11 is 0. The zero-order valence-electron chi connectivity index (χ0n) is 16.1. The van der Waals surface area contributed by atoms with Gasteiger partial charge in [-0.1, -0.05) is 25.1 Å². The maximum Gasteiger partial charge on any atom is 0.262 e. The maximum absolute atomic E-state index is 12.1. The lowest BCUT2D eigenvalue weighted by Crippen LogP contribution is -2.34. The monoisotopic (exact) mass is 383 g/mol. The van der Waals surface area contributed by atoms with Crippen LogP contribution in [0.25, 0.3) is 0 Å². The number of nitrogens with one attached hydrogen (secondary N) is 3. The lowest BCUT2D eigenvalue weighted by Gasteiger charge is -2.10. The van der Waals surface area contributed by atoms with Crippen LogP contribution in [-0.2, 0) is 9.59 Å². The number of rotatable bonds is 9. The van der Waals surface area contributed by atoms with Crippen LogP contribution in [0.5, 0.6) is 5.75 Å². The van der Waals surface area contributed by atoms with Gasteiger partial charge in [-0.25, -0.2) is 0 Å². The molecule has 148 valence electrons. The number of hydrogen-bond acceptors (Lipinski definition) is 4. The lowest BCUT2D eigenvalue weighted by atomic mass is 10.2. The minimum absolute atomic E-state index is 0.0549. The summed E-state index contributed by atoms with van der Waals surface area (Å²) in [4.78, 5) is 35.2. The van der Waals surface area contributed by atoms with Crippen molar-refractivity contribution in [2.45, 2.75) is 20.3 Å². The van der Waals surface area contributed by atoms with Gasteiger partial charge in [0, 0.05) is 30.8 Å². The van der Waals surface area contributed by atoms with E-state index in [1.807, 2.05) is 31.2 Å². The van der Waals surface area contributed by atoms with Crippen LogP contribution in [0.1, 0.15) is 29.3 Å². The minimum Gasteiger partial charge on any atom is -0.483 e. The quantitative estimate of drug-likeness (QED) is 0.579. The zero-order chi connectivity index (χ0) is 20.4. The van der Waals surface area contributed by atoms with Crippen LogP contribution in [0, 0.1) is 6.92 Å². The van der Waals surface area contributed by atoms with Crippen molar-refractivity contribution in [3.63, 3.8) is 0 Å². The number of carbonyl (C=O) groups is 3. The molecule has 0 radical (unpaired) electrons. The van der Waals surface area contributed by atoms with E-state index < -0.39 is 0 Å². The number of amides is 3. The Morgan fingerprint density at radius 3 is 2.25 bits per heavy atom. The van der Waals surface area contributed by atoms with E-state index in [1.165, 1.54) is 0 Å². The third-order valence-corrected chi connectivity index (χ3v) is 3.94. The lowest BCUT2D eigenvalue weighted by molar-refractivity contribution is -0.120. The SMILES string of the molecule is CCC(=O)NCCNC(=O)c1ccc(NC(=O)COc2ccccc2C)cc1. The molecule has 0 aromatic heterocycles. The third kappa shape index (κ3) is 6.75. The molecular formula is C21H25N3O4. The molecule has 0 aliphatic rings. The van der Waals surface area contributed by atoms with Gasteiger partial charge in [0.05, 0.1) is 0 Å². The maximum atomic E-state index is 12.1. The number of hydrogen-bond donors (Lipinski definition) is 3. The fraction of sp³-hybridized carbons (Fsp3) is 0.286. The summed E-state index contributed by atoms with van der Waals surface area (Å²) in [5.41, 5.74) is 2.00. The average molecular weight is 383 g/mol. The summed E-state index contributed by atoms with van der Waals surface area (Å²) < 4.78 is 5.51. The first-order valence-electron chi connectivity index (χ1n) is 9.13. The third-order valence-electron chi connectivity index (χ3n) is 3.94. The number of carbonyl (C=O) groups excluding carboxylic acids is 3. The molecule has 0 unspecified atom stereocenters. The van der Waals surface area contributed by atoms with E-state index in [9.17, 15) is 14.4 Å². The van der Waals surface area contributed by atoms with Crippen LogP contribution in [0.15, 0.2) is 48.5 Å². The highest BCUT2D eigenvalue weighted by molar-refractivity contribution is 5.96. The van der Waals surface area contributed by atoms with Crippen molar-refractivity contribution in [2.24, 2.45) is 0 Å². The summed E-state index contributed by atoms with van der Waals surface area (Å²) in [5.74, 6) is 0.0826. The summed E-state index contributed by atoms with van der Waals surface area (Å²) in [6.07, 6.45) is 0.414. The summed E-state index contributed by atoms with van der Waals surface area (Å²) in [7, 11) is 0. The molecule has 7 heteroatoms. The largest absolute Gasteiger partial charge is 0.483 e. The van der Waals surface area contributed by atoms with Crippen LogP contribution in [-0.4, -0.2) is 37.4 Å². The number of aryl methyl sites for hydroxylation is 1. The van der Waals surface area contributed by atoms with Crippen LogP contribution in [0.4, 0.5) is 5.69 Å². The molecule has 0 spiro atoms. The zero-order valence-corrected chi connectivity index (χ0v) is 16.1. The van der Waals surface area contributed by atoms with Crippen molar-refractivity contribution < 1.29 is 19.1 Å². The van der Waals surface area contributed by atoms with E-state index in [4.69, 9.17) is 4.74 Å². The predicted octanol–water partition coefficient (Wildman–Crippen LogP) is 2.27. The van der Waals surface area contributed by atoms with Crippen molar-refractivity contribution in [3.8, 4) is 5.75 Å². The molecule has 0 aliphatic carbocycles. The number of ether oxygens (including phenoxy) is 1. The summed E-state index contributed by atoms with van der Waals surface area (Å²) in [5, 5.41) is 8.13. The number of benzene rings is 2. The van der Waals surface area contributed by atoms with E-state index in [-0.39, 0.29) is 24.3 Å². The van der Waals surface area contributed by atoms with Crippen molar-refractivity contribution in [1.82, 2.24) is 10.6 Å². The van der Waals surface area contributed by atoms with Crippen LogP contribution < -0.4 is 20.7 Å². The molecule has 2 rings (SSSR count). The molecule has 2 aromatic carbocycles. The van der Waals surface area contributed by atoms with Crippen LogP contribution in [0.2, 0.25) is 0 Å². The first-order chi connectivity index (χ1) is 13.5. The second kappa shape index (κ2) is 10.7. The number of para-hydroxylation sites is 1. The minimum atomic E-state index is -0.285. The Bertz CT molecular complexity index is 819. The fourth-order valence-electron chi connectivity index (χ4n) is 2.37. The molecule has 0 fully saturated rings. The van der Waals surface area contributed by atoms with Gasteiger partial charge in [0.2, 0.25) is 5.91 Å². The average Bonchev–Trinajstić information content (AvgIpc) is 2.70. The Labute approximate surface area is 164 Å². The molecule has 0 saturated carbocycles. The van der Waals surface area contributed by atoms with Gasteiger partial charge in [-0.05, 0) is 42.8 Å². The highest BCUT2D eigenvalue weighted by Crippen LogP contribution is 2.16. The Balaban J connectivity index is 1.77. The van der Waals surface area contributed by atoms with Crippen molar-refractivity contribution in [1.29, 1.82) is 0 Å². The first kappa shape index (κ1) is 21.0. The van der Waals surface area contributed by atoms with Crippen molar-refractivity contribution in [2.75, 3.05) is 25.0 Å². The highest BCUT2D eigenvalue weighted by atomic mass is 16.5. The van der Waals surface area contributed by atoms with E-state index in [0.29, 0.717) is 36.5 Å². The summed E-state index contributed by atoms with van der Waals surface area (Å²) in [6, 6.07) is 14.0. The first-order valence-corrected chi connectivity index (χ1v) is 9.13. The van der Waals surface area contributed by atoms with Crippen LogP contribution in [0.3, 0.4) is 0 Å². The molecular weight excluding hydrogens is 358 g/mol. The summed E-state index contributed by atoms with van der Waals surface area (Å²) in [6.45, 7) is 4.31. The topological polar surface area (TPSA) is 96.5 Å². The smallest absolute Gasteiger partial charge is 0.262 e. The molecule has 0 aliphatic heterocycles. The van der Waals surface area contributed by atoms with Gasteiger partial charge in [0.25, 0.3) is 11.8 Å². The molecule has 3 amide bonds. The van der Waals surface area contributed by atoms with E-state index in [1.54, 1.807) is 31.2 Å². The van der Waals surface area contributed by atoms with Crippen LogP contribution >= 0.6 is 0 Å². The van der Waals surface area contributed by atoms with Crippen molar-refractivity contribution >= 4 is 23.4 Å². The number of anilines is 1. The standard InChI is InChI=1S/C21H25N3O4/c1-3-19(25)22-12-13-23-21(27)16-8-10-17(11-9-16)24-20(26)14-28-18-7-5-4-6-15(18)2/h4-11H,3,12-14H2,1-2H3,(H,22,25)(H,23,27)(H,24,26). The Kier molecular flexibility index (Phi) is 8.02. The van der Waals surface area contributed by atoms with E-state index >= 15 is 0 Å². The van der Waals surface area contributed by atoms with Gasteiger partial charge in [-0.3, -0.25) is 14.4 Å². The van der Waals surface area contributed by atoms with E-state index in [2.05, 4.69) is 16.0 Å². The molecule has 7 nitrogen and oxygen atoms in total.